The third-order valence-electron chi connectivity index (χ3n) is 2.00. The first kappa shape index (κ1) is 9.79. The van der Waals surface area contributed by atoms with E-state index in [2.05, 4.69) is 47.1 Å². The predicted molar refractivity (Wildman–Crippen MR) is 57.9 cm³/mol. The molecule has 1 rings (SSSR count). The number of rotatable bonds is 4. The van der Waals surface area contributed by atoms with Crippen LogP contribution < -0.4 is 0 Å². The van der Waals surface area contributed by atoms with E-state index in [1.807, 2.05) is 0 Å². The van der Waals surface area contributed by atoms with Crippen molar-refractivity contribution in [1.29, 1.82) is 0 Å². The second-order valence-corrected chi connectivity index (χ2v) is 3.75. The van der Waals surface area contributed by atoms with E-state index in [1.165, 1.54) is 24.0 Å². The minimum Gasteiger partial charge on any atom is -0.0924 e. The van der Waals surface area contributed by atoms with E-state index in [4.69, 9.17) is 0 Å². The summed E-state index contributed by atoms with van der Waals surface area (Å²) in [6, 6.07) is 8.72. The Morgan fingerprint density at radius 3 is 2.17 bits per heavy atom. The van der Waals surface area contributed by atoms with Crippen LogP contribution in [0.1, 0.15) is 24.5 Å². The van der Waals surface area contributed by atoms with E-state index in [0.717, 1.165) is 11.8 Å². The molecule has 1 aromatic rings. The molecule has 0 saturated heterocycles. The van der Waals surface area contributed by atoms with Crippen molar-refractivity contribution in [2.75, 3.05) is 5.33 Å². The quantitative estimate of drug-likeness (QED) is 0.689. The lowest BCUT2D eigenvalue weighted by molar-refractivity contribution is 0.901. The summed E-state index contributed by atoms with van der Waals surface area (Å²) in [5.74, 6) is 0. The molecule has 0 spiro atoms. The van der Waals surface area contributed by atoms with Gasteiger partial charge in [0.05, 0.1) is 0 Å². The fourth-order valence-electron chi connectivity index (χ4n) is 1.42. The third-order valence-corrected chi connectivity index (χ3v) is 2.40. The SMILES string of the molecule is CCCc1ccccc1CCBr. The number of aryl methyl sites for hydroxylation is 2. The number of alkyl halides is 1. The molecule has 0 nitrogen and oxygen atoms in total. The highest BCUT2D eigenvalue weighted by atomic mass is 79.9. The van der Waals surface area contributed by atoms with Crippen LogP contribution in [0.5, 0.6) is 0 Å². The number of hydrogen-bond donors (Lipinski definition) is 0. The van der Waals surface area contributed by atoms with E-state index < -0.39 is 0 Å². The van der Waals surface area contributed by atoms with Gasteiger partial charge in [-0.15, -0.1) is 0 Å². The highest BCUT2D eigenvalue weighted by Gasteiger charge is 1.98. The average Bonchev–Trinajstić information content (AvgIpc) is 2.09. The predicted octanol–water partition coefficient (Wildman–Crippen LogP) is 3.58. The van der Waals surface area contributed by atoms with Crippen LogP contribution in [0, 0.1) is 0 Å². The fourth-order valence-corrected chi connectivity index (χ4v) is 1.84. The normalized spacial score (nSPS) is 10.2. The van der Waals surface area contributed by atoms with Gasteiger partial charge < -0.3 is 0 Å². The molecule has 0 N–H and O–H groups in total. The molecule has 1 aromatic carbocycles. The zero-order valence-electron chi connectivity index (χ0n) is 7.52. The Bertz CT molecular complexity index is 205. The lowest BCUT2D eigenvalue weighted by Gasteiger charge is -2.05. The Morgan fingerprint density at radius 2 is 1.67 bits per heavy atom. The maximum Gasteiger partial charge on any atom is 0.00719 e. The average molecular weight is 227 g/mol. The summed E-state index contributed by atoms with van der Waals surface area (Å²) in [6.07, 6.45) is 3.60. The van der Waals surface area contributed by atoms with Crippen molar-refractivity contribution in [3.63, 3.8) is 0 Å². The zero-order chi connectivity index (χ0) is 8.81. The fraction of sp³-hybridized carbons (Fsp3) is 0.455. The van der Waals surface area contributed by atoms with Crippen molar-refractivity contribution in [2.24, 2.45) is 0 Å². The van der Waals surface area contributed by atoms with Gasteiger partial charge in [-0.3, -0.25) is 0 Å². The molecule has 0 aliphatic carbocycles. The number of hydrogen-bond acceptors (Lipinski definition) is 0. The van der Waals surface area contributed by atoms with Crippen LogP contribution in [0.3, 0.4) is 0 Å². The number of halogens is 1. The molecule has 0 aromatic heterocycles. The van der Waals surface area contributed by atoms with Gasteiger partial charge in [-0.2, -0.15) is 0 Å². The van der Waals surface area contributed by atoms with E-state index in [0.29, 0.717) is 0 Å². The standard InChI is InChI=1S/C11H15Br/c1-2-5-10-6-3-4-7-11(10)8-9-12/h3-4,6-7H,2,5,8-9H2,1H3. The summed E-state index contributed by atoms with van der Waals surface area (Å²) in [5.41, 5.74) is 3.01. The van der Waals surface area contributed by atoms with Crippen molar-refractivity contribution >= 4 is 15.9 Å². The minimum atomic E-state index is 1.06. The van der Waals surface area contributed by atoms with Gasteiger partial charge in [0.1, 0.15) is 0 Å². The molecule has 0 radical (unpaired) electrons. The Morgan fingerprint density at radius 1 is 1.08 bits per heavy atom. The molecule has 1 heteroatoms. The molecule has 0 saturated carbocycles. The van der Waals surface area contributed by atoms with Gasteiger partial charge in [0.2, 0.25) is 0 Å². The largest absolute Gasteiger partial charge is 0.0924 e. The van der Waals surface area contributed by atoms with Crippen LogP contribution in [0.2, 0.25) is 0 Å². The molecular formula is C11H15Br. The summed E-state index contributed by atoms with van der Waals surface area (Å²) >= 11 is 3.47. The van der Waals surface area contributed by atoms with Gasteiger partial charge in [0, 0.05) is 5.33 Å². The van der Waals surface area contributed by atoms with Crippen LogP contribution in [-0.4, -0.2) is 5.33 Å². The molecule has 0 aliphatic rings. The zero-order valence-corrected chi connectivity index (χ0v) is 9.10. The molecule has 0 heterocycles. The maximum atomic E-state index is 3.47. The second-order valence-electron chi connectivity index (χ2n) is 2.96. The molecule has 0 unspecified atom stereocenters. The van der Waals surface area contributed by atoms with Gasteiger partial charge in [-0.1, -0.05) is 53.5 Å². The van der Waals surface area contributed by atoms with E-state index in [9.17, 15) is 0 Å². The lowest BCUT2D eigenvalue weighted by Crippen LogP contribution is -1.93. The summed E-state index contributed by atoms with van der Waals surface area (Å²) in [5, 5.41) is 1.06. The van der Waals surface area contributed by atoms with E-state index in [1.54, 1.807) is 0 Å². The smallest absolute Gasteiger partial charge is 0.00719 e. The minimum absolute atomic E-state index is 1.06. The summed E-state index contributed by atoms with van der Waals surface area (Å²) < 4.78 is 0. The summed E-state index contributed by atoms with van der Waals surface area (Å²) in [6.45, 7) is 2.23. The van der Waals surface area contributed by atoms with Gasteiger partial charge in [0.25, 0.3) is 0 Å². The maximum absolute atomic E-state index is 3.47. The van der Waals surface area contributed by atoms with Crippen LogP contribution in [-0.2, 0) is 12.8 Å². The Labute approximate surface area is 83.1 Å². The second kappa shape index (κ2) is 5.36. The van der Waals surface area contributed by atoms with Crippen molar-refractivity contribution in [1.82, 2.24) is 0 Å². The first-order valence-corrected chi connectivity index (χ1v) is 5.63. The van der Waals surface area contributed by atoms with Crippen LogP contribution in [0.4, 0.5) is 0 Å². The van der Waals surface area contributed by atoms with E-state index in [-0.39, 0.29) is 0 Å². The molecule has 0 bridgehead atoms. The molecule has 12 heavy (non-hydrogen) atoms. The van der Waals surface area contributed by atoms with Crippen LogP contribution >= 0.6 is 15.9 Å². The van der Waals surface area contributed by atoms with Gasteiger partial charge in [-0.05, 0) is 24.0 Å². The Balaban J connectivity index is 2.77. The van der Waals surface area contributed by atoms with E-state index >= 15 is 0 Å². The van der Waals surface area contributed by atoms with Gasteiger partial charge >= 0.3 is 0 Å². The first-order chi connectivity index (χ1) is 5.88. The van der Waals surface area contributed by atoms with Crippen molar-refractivity contribution < 1.29 is 0 Å². The lowest BCUT2D eigenvalue weighted by atomic mass is 10.0. The Kier molecular flexibility index (Phi) is 4.37. The number of benzene rings is 1. The van der Waals surface area contributed by atoms with Crippen molar-refractivity contribution in [2.45, 2.75) is 26.2 Å². The highest BCUT2D eigenvalue weighted by Crippen LogP contribution is 2.12. The van der Waals surface area contributed by atoms with Gasteiger partial charge in [-0.25, -0.2) is 0 Å². The third kappa shape index (κ3) is 2.63. The van der Waals surface area contributed by atoms with Crippen molar-refractivity contribution in [3.05, 3.63) is 35.4 Å². The molecule has 0 aliphatic heterocycles. The summed E-state index contributed by atoms with van der Waals surface area (Å²) in [4.78, 5) is 0. The molecular weight excluding hydrogens is 212 g/mol. The van der Waals surface area contributed by atoms with Crippen LogP contribution in [0.15, 0.2) is 24.3 Å². The van der Waals surface area contributed by atoms with Crippen molar-refractivity contribution in [3.8, 4) is 0 Å². The molecule has 0 amide bonds. The Hall–Kier alpha value is -0.300. The first-order valence-electron chi connectivity index (χ1n) is 4.51. The molecule has 0 atom stereocenters. The highest BCUT2D eigenvalue weighted by molar-refractivity contribution is 9.09. The topological polar surface area (TPSA) is 0 Å². The molecule has 0 fully saturated rings. The monoisotopic (exact) mass is 226 g/mol. The molecule has 66 valence electrons. The van der Waals surface area contributed by atoms with Crippen LogP contribution in [0.25, 0.3) is 0 Å². The summed E-state index contributed by atoms with van der Waals surface area (Å²) in [7, 11) is 0. The van der Waals surface area contributed by atoms with Gasteiger partial charge in [0.15, 0.2) is 0 Å².